The molecule has 174 valence electrons. The van der Waals surface area contributed by atoms with E-state index in [4.69, 9.17) is 0 Å². The van der Waals surface area contributed by atoms with E-state index in [0.717, 1.165) is 18.7 Å². The maximum atomic E-state index is 14.8. The van der Waals surface area contributed by atoms with Crippen molar-refractivity contribution in [1.82, 2.24) is 24.5 Å². The van der Waals surface area contributed by atoms with Gasteiger partial charge in [0, 0.05) is 55.4 Å². The van der Waals surface area contributed by atoms with Gasteiger partial charge in [-0.05, 0) is 23.8 Å². The van der Waals surface area contributed by atoms with Crippen molar-refractivity contribution in [2.45, 2.75) is 25.7 Å². The number of carbonyl (C=O) groups is 1. The molecule has 0 bridgehead atoms. The summed E-state index contributed by atoms with van der Waals surface area (Å²) in [5.41, 5.74) is 1.78. The van der Waals surface area contributed by atoms with Gasteiger partial charge in [-0.2, -0.15) is 0 Å². The Hall–Kier alpha value is -4.08. The van der Waals surface area contributed by atoms with E-state index in [1.165, 1.54) is 30.7 Å². The molecule has 0 fully saturated rings. The number of nitrogens with zero attached hydrogens (tertiary/aromatic N) is 5. The van der Waals surface area contributed by atoms with E-state index in [0.29, 0.717) is 28.9 Å². The zero-order chi connectivity index (χ0) is 24.3. The van der Waals surface area contributed by atoms with Gasteiger partial charge in [0.1, 0.15) is 17.5 Å². The van der Waals surface area contributed by atoms with Crippen LogP contribution >= 0.6 is 0 Å². The van der Waals surface area contributed by atoms with Crippen LogP contribution in [0.5, 0.6) is 0 Å². The van der Waals surface area contributed by atoms with E-state index >= 15 is 0 Å². The molecule has 0 aliphatic heterocycles. The van der Waals surface area contributed by atoms with Crippen LogP contribution in [0.1, 0.15) is 29.6 Å². The van der Waals surface area contributed by atoms with E-state index in [9.17, 15) is 18.0 Å². The highest BCUT2D eigenvalue weighted by atomic mass is 19.3. The molecule has 1 amide bonds. The van der Waals surface area contributed by atoms with Crippen molar-refractivity contribution < 1.29 is 18.0 Å². The van der Waals surface area contributed by atoms with Gasteiger partial charge in [-0.3, -0.25) is 4.79 Å². The van der Waals surface area contributed by atoms with Crippen molar-refractivity contribution in [2.24, 2.45) is 7.05 Å². The maximum Gasteiger partial charge on any atom is 0.270 e. The normalized spacial score (nSPS) is 11.4. The molecule has 4 rings (SSSR count). The first-order chi connectivity index (χ1) is 16.2. The van der Waals surface area contributed by atoms with Crippen LogP contribution in [0.15, 0.2) is 61.4 Å². The number of pyridine rings is 1. The predicted molar refractivity (Wildman–Crippen MR) is 120 cm³/mol. The Bertz CT molecular complexity index is 1320. The molecule has 0 unspecified atom stereocenters. The molecule has 3 heterocycles. The number of rotatable bonds is 7. The summed E-state index contributed by atoms with van der Waals surface area (Å²) >= 11 is 0. The largest absolute Gasteiger partial charge is 0.340 e. The van der Waals surface area contributed by atoms with Crippen molar-refractivity contribution in [3.63, 3.8) is 0 Å². The number of halogens is 3. The van der Waals surface area contributed by atoms with E-state index in [1.54, 1.807) is 18.5 Å². The SMILES string of the molecule is Cn1cnc(Cc2ncc(-c3ccc(CC(=O)Nc4cc(C(C)(F)F)ccn4)cc3F)cn2)c1. The molecule has 1 N–H and O–H groups in total. The molecule has 0 radical (unpaired) electrons. The average Bonchev–Trinajstić information content (AvgIpc) is 3.18. The zero-order valence-electron chi connectivity index (χ0n) is 18.5. The number of nitrogens with one attached hydrogen (secondary N) is 1. The van der Waals surface area contributed by atoms with Gasteiger partial charge >= 0.3 is 0 Å². The van der Waals surface area contributed by atoms with Crippen molar-refractivity contribution in [3.05, 3.63) is 89.9 Å². The van der Waals surface area contributed by atoms with E-state index < -0.39 is 17.6 Å². The lowest BCUT2D eigenvalue weighted by atomic mass is 10.0. The minimum atomic E-state index is -3.05. The highest BCUT2D eigenvalue weighted by molar-refractivity contribution is 5.91. The Morgan fingerprint density at radius 1 is 1.09 bits per heavy atom. The third kappa shape index (κ3) is 5.64. The summed E-state index contributed by atoms with van der Waals surface area (Å²) in [5.74, 6) is -3.52. The van der Waals surface area contributed by atoms with Gasteiger partial charge in [-0.1, -0.05) is 12.1 Å². The number of imidazole rings is 1. The minimum absolute atomic E-state index is 0.00376. The molecule has 34 heavy (non-hydrogen) atoms. The number of aryl methyl sites for hydroxylation is 1. The summed E-state index contributed by atoms with van der Waals surface area (Å²) in [5, 5.41) is 2.46. The van der Waals surface area contributed by atoms with Crippen LogP contribution in [0.4, 0.5) is 19.0 Å². The van der Waals surface area contributed by atoms with Gasteiger partial charge in [-0.25, -0.2) is 33.1 Å². The summed E-state index contributed by atoms with van der Waals surface area (Å²) < 4.78 is 43.5. The third-order valence-corrected chi connectivity index (χ3v) is 5.05. The fraction of sp³-hybridized carbons (Fsp3) is 0.208. The Morgan fingerprint density at radius 2 is 1.85 bits per heavy atom. The van der Waals surface area contributed by atoms with Crippen molar-refractivity contribution in [2.75, 3.05) is 5.32 Å². The Labute approximate surface area is 193 Å². The Morgan fingerprint density at radius 3 is 2.50 bits per heavy atom. The molecule has 10 heteroatoms. The lowest BCUT2D eigenvalue weighted by molar-refractivity contribution is -0.115. The van der Waals surface area contributed by atoms with Crippen LogP contribution in [0.25, 0.3) is 11.1 Å². The predicted octanol–water partition coefficient (Wildman–Crippen LogP) is 4.29. The molecule has 1 aromatic carbocycles. The summed E-state index contributed by atoms with van der Waals surface area (Å²) in [7, 11) is 1.87. The monoisotopic (exact) mass is 466 g/mol. The molecule has 0 aliphatic carbocycles. The highest BCUT2D eigenvalue weighted by Gasteiger charge is 2.24. The first-order valence-electron chi connectivity index (χ1n) is 10.4. The molecule has 4 aromatic rings. The summed E-state index contributed by atoms with van der Waals surface area (Å²) in [4.78, 5) is 29.0. The Kier molecular flexibility index (Phi) is 6.40. The fourth-order valence-electron chi connectivity index (χ4n) is 3.35. The number of hydrogen-bond acceptors (Lipinski definition) is 5. The lowest BCUT2D eigenvalue weighted by Gasteiger charge is -2.12. The van der Waals surface area contributed by atoms with Crippen molar-refractivity contribution in [3.8, 4) is 11.1 Å². The molecular formula is C24H21F3N6O. The number of hydrogen-bond donors (Lipinski definition) is 1. The molecule has 0 atom stereocenters. The van der Waals surface area contributed by atoms with Crippen LogP contribution in [0.3, 0.4) is 0 Å². The van der Waals surface area contributed by atoms with Gasteiger partial charge in [0.25, 0.3) is 5.92 Å². The second-order valence-corrected chi connectivity index (χ2v) is 7.95. The van der Waals surface area contributed by atoms with Gasteiger partial charge in [0.05, 0.1) is 24.9 Å². The Balaban J connectivity index is 1.41. The fourth-order valence-corrected chi connectivity index (χ4v) is 3.35. The van der Waals surface area contributed by atoms with Crippen LogP contribution in [-0.4, -0.2) is 30.4 Å². The third-order valence-electron chi connectivity index (χ3n) is 5.05. The van der Waals surface area contributed by atoms with E-state index in [-0.39, 0.29) is 17.8 Å². The smallest absolute Gasteiger partial charge is 0.270 e. The summed E-state index contributed by atoms with van der Waals surface area (Å²) in [6, 6.07) is 6.70. The van der Waals surface area contributed by atoms with Gasteiger partial charge in [-0.15, -0.1) is 0 Å². The number of anilines is 1. The topological polar surface area (TPSA) is 85.6 Å². The van der Waals surface area contributed by atoms with Crippen LogP contribution in [0, 0.1) is 5.82 Å². The van der Waals surface area contributed by atoms with Crippen LogP contribution < -0.4 is 5.32 Å². The van der Waals surface area contributed by atoms with Gasteiger partial charge in [0.15, 0.2) is 0 Å². The van der Waals surface area contributed by atoms with Gasteiger partial charge in [0.2, 0.25) is 5.91 Å². The molecule has 0 saturated heterocycles. The summed E-state index contributed by atoms with van der Waals surface area (Å²) in [6.45, 7) is 0.761. The lowest BCUT2D eigenvalue weighted by Crippen LogP contribution is -2.16. The highest BCUT2D eigenvalue weighted by Crippen LogP contribution is 2.28. The first-order valence-corrected chi connectivity index (χ1v) is 10.4. The number of carbonyl (C=O) groups excluding carboxylic acids is 1. The molecule has 0 saturated carbocycles. The first kappa shape index (κ1) is 23.1. The van der Waals surface area contributed by atoms with Crippen molar-refractivity contribution in [1.29, 1.82) is 0 Å². The molecule has 3 aromatic heterocycles. The summed E-state index contributed by atoms with van der Waals surface area (Å²) in [6.07, 6.45) is 8.16. The molecular weight excluding hydrogens is 445 g/mol. The number of alkyl halides is 2. The van der Waals surface area contributed by atoms with E-state index in [2.05, 4.69) is 25.3 Å². The zero-order valence-corrected chi connectivity index (χ0v) is 18.5. The average molecular weight is 466 g/mol. The maximum absolute atomic E-state index is 14.8. The molecule has 7 nitrogen and oxygen atoms in total. The van der Waals surface area contributed by atoms with Gasteiger partial charge < -0.3 is 9.88 Å². The number of benzene rings is 1. The minimum Gasteiger partial charge on any atom is -0.340 e. The number of amides is 1. The van der Waals surface area contributed by atoms with Crippen molar-refractivity contribution >= 4 is 11.7 Å². The van der Waals surface area contributed by atoms with Crippen LogP contribution in [0.2, 0.25) is 0 Å². The molecule has 0 spiro atoms. The van der Waals surface area contributed by atoms with Crippen LogP contribution in [-0.2, 0) is 30.6 Å². The van der Waals surface area contributed by atoms with E-state index in [1.807, 2.05) is 17.8 Å². The standard InChI is InChI=1S/C24H21F3N6O/c1-24(26,27)17-5-6-28-22(9-17)32-23(34)8-15-3-4-19(20(25)7-15)16-11-29-21(30-12-16)10-18-13-33(2)14-31-18/h3-7,9,11-14H,8,10H2,1-2H3,(H,28,32,34). The second kappa shape index (κ2) is 9.42. The molecule has 0 aliphatic rings. The quantitative estimate of drug-likeness (QED) is 0.439. The second-order valence-electron chi connectivity index (χ2n) is 7.95. The number of aromatic nitrogens is 5.